The predicted octanol–water partition coefficient (Wildman–Crippen LogP) is 4.14. The molecule has 0 saturated carbocycles. The number of nitriles is 1. The van der Waals surface area contributed by atoms with Crippen LogP contribution in [0.3, 0.4) is 0 Å². The normalized spacial score (nSPS) is 11.6. The molecule has 0 radical (unpaired) electrons. The minimum absolute atomic E-state index is 0.0590. The van der Waals surface area contributed by atoms with Crippen LogP contribution in [0.5, 0.6) is 11.5 Å². The molecular formula is C20H19ClN2O3. The molecule has 0 heterocycles. The van der Waals surface area contributed by atoms with Gasteiger partial charge in [-0.25, -0.2) is 0 Å². The third-order valence-corrected chi connectivity index (χ3v) is 3.89. The van der Waals surface area contributed by atoms with E-state index in [4.69, 9.17) is 26.3 Å². The van der Waals surface area contributed by atoms with Gasteiger partial charge in [-0.3, -0.25) is 4.79 Å². The molecule has 134 valence electrons. The van der Waals surface area contributed by atoms with Crippen molar-refractivity contribution in [2.24, 2.45) is 0 Å². The van der Waals surface area contributed by atoms with Gasteiger partial charge < -0.3 is 14.8 Å². The third-order valence-electron chi connectivity index (χ3n) is 3.64. The van der Waals surface area contributed by atoms with Gasteiger partial charge in [0.05, 0.1) is 13.2 Å². The Hall–Kier alpha value is -2.97. The van der Waals surface area contributed by atoms with Gasteiger partial charge in [0.25, 0.3) is 0 Å². The summed E-state index contributed by atoms with van der Waals surface area (Å²) in [5.41, 5.74) is 1.75. The summed E-state index contributed by atoms with van der Waals surface area (Å²) in [6.45, 7) is 1.84. The van der Waals surface area contributed by atoms with Crippen molar-refractivity contribution in [2.75, 3.05) is 13.7 Å². The summed E-state index contributed by atoms with van der Waals surface area (Å²) in [6.07, 6.45) is 3.14. The van der Waals surface area contributed by atoms with Gasteiger partial charge in [0.1, 0.15) is 6.07 Å². The van der Waals surface area contributed by atoms with Gasteiger partial charge >= 0.3 is 0 Å². The van der Waals surface area contributed by atoms with Crippen LogP contribution in [0.2, 0.25) is 5.02 Å². The number of benzene rings is 2. The molecule has 0 aliphatic heterocycles. The summed E-state index contributed by atoms with van der Waals surface area (Å²) in [4.78, 5) is 12.1. The zero-order valence-electron chi connectivity index (χ0n) is 14.5. The Balaban J connectivity index is 2.00. The number of carbonyl (C=O) groups excluding carboxylic acids is 1. The second-order valence-corrected chi connectivity index (χ2v) is 5.91. The van der Waals surface area contributed by atoms with Crippen LogP contribution in [-0.4, -0.2) is 19.6 Å². The lowest BCUT2D eigenvalue weighted by Gasteiger charge is -2.13. The topological polar surface area (TPSA) is 71.3 Å². The first-order chi connectivity index (χ1) is 12.5. The van der Waals surface area contributed by atoms with Crippen LogP contribution in [0.4, 0.5) is 0 Å². The lowest BCUT2D eigenvalue weighted by Crippen LogP contribution is -2.24. The fourth-order valence-corrected chi connectivity index (χ4v) is 2.41. The smallest absolute Gasteiger partial charge is 0.244 e. The van der Waals surface area contributed by atoms with Crippen molar-refractivity contribution in [3.05, 3.63) is 64.7 Å². The van der Waals surface area contributed by atoms with Crippen LogP contribution in [-0.2, 0) is 4.79 Å². The largest absolute Gasteiger partial charge is 0.493 e. The Kier molecular flexibility index (Phi) is 7.07. The van der Waals surface area contributed by atoms with Gasteiger partial charge in [-0.1, -0.05) is 29.8 Å². The number of amides is 1. The summed E-state index contributed by atoms with van der Waals surface area (Å²) >= 11 is 5.87. The first-order valence-corrected chi connectivity index (χ1v) is 8.33. The van der Waals surface area contributed by atoms with Crippen LogP contribution in [0.25, 0.3) is 6.08 Å². The van der Waals surface area contributed by atoms with Gasteiger partial charge in [0, 0.05) is 11.1 Å². The monoisotopic (exact) mass is 370 g/mol. The average Bonchev–Trinajstić information content (AvgIpc) is 2.65. The molecule has 26 heavy (non-hydrogen) atoms. The summed E-state index contributed by atoms with van der Waals surface area (Å²) in [7, 11) is 1.52. The van der Waals surface area contributed by atoms with Crippen LogP contribution in [0, 0.1) is 11.3 Å². The average molecular weight is 371 g/mol. The molecule has 0 aromatic heterocycles. The van der Waals surface area contributed by atoms with Crippen molar-refractivity contribution in [1.82, 2.24) is 5.32 Å². The van der Waals surface area contributed by atoms with E-state index in [1.165, 1.54) is 13.2 Å². The van der Waals surface area contributed by atoms with Gasteiger partial charge in [0.15, 0.2) is 18.1 Å². The van der Waals surface area contributed by atoms with E-state index in [-0.39, 0.29) is 18.6 Å². The number of rotatable bonds is 7. The Morgan fingerprint density at radius 1 is 1.27 bits per heavy atom. The van der Waals surface area contributed by atoms with Crippen molar-refractivity contribution >= 4 is 23.6 Å². The van der Waals surface area contributed by atoms with Crippen molar-refractivity contribution in [1.29, 1.82) is 5.26 Å². The van der Waals surface area contributed by atoms with E-state index in [1.54, 1.807) is 36.4 Å². The van der Waals surface area contributed by atoms with E-state index in [0.717, 1.165) is 11.1 Å². The molecular weight excluding hydrogens is 352 g/mol. The third kappa shape index (κ3) is 5.54. The Morgan fingerprint density at radius 2 is 2.00 bits per heavy atom. The molecule has 0 aliphatic carbocycles. The van der Waals surface area contributed by atoms with Crippen molar-refractivity contribution in [3.8, 4) is 17.6 Å². The van der Waals surface area contributed by atoms with Crippen molar-refractivity contribution < 1.29 is 14.3 Å². The number of ether oxygens (including phenoxy) is 2. The molecule has 2 rings (SSSR count). The molecule has 0 bridgehead atoms. The zero-order chi connectivity index (χ0) is 18.9. The minimum Gasteiger partial charge on any atom is -0.493 e. The summed E-state index contributed by atoms with van der Waals surface area (Å²) in [5.74, 6) is 0.764. The molecule has 0 unspecified atom stereocenters. The molecule has 1 atom stereocenters. The van der Waals surface area contributed by atoms with Crippen LogP contribution in [0.15, 0.2) is 48.5 Å². The Bertz CT molecular complexity index is 826. The highest BCUT2D eigenvalue weighted by Gasteiger charge is 2.08. The number of nitrogens with zero attached hydrogens (tertiary/aromatic N) is 1. The van der Waals surface area contributed by atoms with Gasteiger partial charge in [-0.15, -0.1) is 0 Å². The Labute approximate surface area is 157 Å². The van der Waals surface area contributed by atoms with E-state index in [2.05, 4.69) is 5.32 Å². The molecule has 5 nitrogen and oxygen atoms in total. The number of nitrogens with one attached hydrogen (secondary N) is 1. The molecule has 2 aromatic carbocycles. The number of hydrogen-bond acceptors (Lipinski definition) is 4. The van der Waals surface area contributed by atoms with Gasteiger partial charge in [-0.05, 0) is 48.4 Å². The molecule has 6 heteroatoms. The van der Waals surface area contributed by atoms with Gasteiger partial charge in [-0.2, -0.15) is 5.26 Å². The highest BCUT2D eigenvalue weighted by molar-refractivity contribution is 6.30. The maximum atomic E-state index is 12.1. The molecule has 1 amide bonds. The SMILES string of the molecule is COc1cc(/C=C/C(=O)N[C@H](C)c2ccc(Cl)cc2)ccc1OCC#N. The fourth-order valence-electron chi connectivity index (χ4n) is 2.29. The van der Waals surface area contributed by atoms with Crippen molar-refractivity contribution in [2.45, 2.75) is 13.0 Å². The quantitative estimate of drug-likeness (QED) is 0.743. The van der Waals surface area contributed by atoms with Crippen molar-refractivity contribution in [3.63, 3.8) is 0 Å². The van der Waals surface area contributed by atoms with Crippen LogP contribution >= 0.6 is 11.6 Å². The summed E-state index contributed by atoms with van der Waals surface area (Å²) in [6, 6.07) is 14.3. The first-order valence-electron chi connectivity index (χ1n) is 7.95. The summed E-state index contributed by atoms with van der Waals surface area (Å²) < 4.78 is 10.5. The molecule has 0 fully saturated rings. The molecule has 1 N–H and O–H groups in total. The summed E-state index contributed by atoms with van der Waals surface area (Å²) in [5, 5.41) is 12.1. The second-order valence-electron chi connectivity index (χ2n) is 5.47. The number of carbonyl (C=O) groups is 1. The Morgan fingerprint density at radius 3 is 2.65 bits per heavy atom. The van der Waals surface area contributed by atoms with E-state index in [9.17, 15) is 4.79 Å². The predicted molar refractivity (Wildman–Crippen MR) is 101 cm³/mol. The van der Waals surface area contributed by atoms with Crippen LogP contribution < -0.4 is 14.8 Å². The molecule has 2 aromatic rings. The lowest BCUT2D eigenvalue weighted by molar-refractivity contribution is -0.117. The standard InChI is InChI=1S/C20H19ClN2O3/c1-14(16-5-7-17(21)8-6-16)23-20(24)10-4-15-3-9-18(26-12-11-22)19(13-15)25-2/h3-10,13-14H,12H2,1-2H3,(H,23,24)/b10-4+/t14-/m1/s1. The van der Waals surface area contributed by atoms with Gasteiger partial charge in [0.2, 0.25) is 5.91 Å². The molecule has 0 saturated heterocycles. The minimum atomic E-state index is -0.212. The maximum absolute atomic E-state index is 12.1. The lowest BCUT2D eigenvalue weighted by atomic mass is 10.1. The zero-order valence-corrected chi connectivity index (χ0v) is 15.3. The van der Waals surface area contributed by atoms with Crippen LogP contribution in [0.1, 0.15) is 24.1 Å². The number of methoxy groups -OCH3 is 1. The number of halogens is 1. The maximum Gasteiger partial charge on any atom is 0.244 e. The first kappa shape index (κ1) is 19.4. The second kappa shape index (κ2) is 9.50. The van der Waals surface area contributed by atoms with E-state index < -0.39 is 0 Å². The van der Waals surface area contributed by atoms with E-state index >= 15 is 0 Å². The van der Waals surface area contributed by atoms with E-state index in [1.807, 2.05) is 25.1 Å². The highest BCUT2D eigenvalue weighted by Crippen LogP contribution is 2.28. The molecule has 0 aliphatic rings. The fraction of sp³-hybridized carbons (Fsp3) is 0.200. The van der Waals surface area contributed by atoms with E-state index in [0.29, 0.717) is 16.5 Å². The highest BCUT2D eigenvalue weighted by atomic mass is 35.5. The molecule has 0 spiro atoms. The number of hydrogen-bond donors (Lipinski definition) is 1.